The number of hydrogen-bond acceptors (Lipinski definition) is 6. The first-order chi connectivity index (χ1) is 30.5. The lowest BCUT2D eigenvalue weighted by Gasteiger charge is -2.18. The van der Waals surface area contributed by atoms with Crippen molar-refractivity contribution >= 4 is 17.9 Å². The Morgan fingerprint density at radius 1 is 0.339 bits per heavy atom. The molecular formula is C56H94O6. The Hall–Kier alpha value is -3.41. The van der Waals surface area contributed by atoms with Crippen molar-refractivity contribution in [3.63, 3.8) is 0 Å². The van der Waals surface area contributed by atoms with Crippen molar-refractivity contribution in [3.8, 4) is 0 Å². The van der Waals surface area contributed by atoms with Crippen LogP contribution < -0.4 is 0 Å². The van der Waals surface area contributed by atoms with Gasteiger partial charge in [0.1, 0.15) is 13.2 Å². The summed E-state index contributed by atoms with van der Waals surface area (Å²) in [4.78, 5) is 37.9. The first-order valence-corrected chi connectivity index (χ1v) is 25.6. The van der Waals surface area contributed by atoms with Gasteiger partial charge in [0.05, 0.1) is 0 Å². The fraction of sp³-hybridized carbons (Fsp3) is 0.696. The highest BCUT2D eigenvalue weighted by Crippen LogP contribution is 2.15. The molecule has 0 radical (unpaired) electrons. The summed E-state index contributed by atoms with van der Waals surface area (Å²) in [7, 11) is 0. The molecule has 1 atom stereocenters. The number of carbonyl (C=O) groups excluding carboxylic acids is 3. The highest BCUT2D eigenvalue weighted by atomic mass is 16.6. The highest BCUT2D eigenvalue weighted by molar-refractivity contribution is 5.71. The van der Waals surface area contributed by atoms with Crippen LogP contribution in [0.2, 0.25) is 0 Å². The summed E-state index contributed by atoms with van der Waals surface area (Å²) in [6, 6.07) is 0. The Balaban J connectivity index is 4.47. The molecule has 0 fully saturated rings. The SMILES string of the molecule is CC/C=C\C/C=C\C/C=C\C/C=C\C/C=C\CCCC(=O)OCC(COC(=O)CCCCCCC/C=C\C/C=C\CC)OC(=O)CCCCCCCCCCCCCCCCC. The molecule has 6 nitrogen and oxygen atoms in total. The minimum Gasteiger partial charge on any atom is -0.462 e. The third kappa shape index (κ3) is 47.6. The lowest BCUT2D eigenvalue weighted by atomic mass is 10.0. The Labute approximate surface area is 382 Å². The number of rotatable bonds is 45. The van der Waals surface area contributed by atoms with Crippen LogP contribution in [0.3, 0.4) is 0 Å². The molecule has 0 aromatic carbocycles. The van der Waals surface area contributed by atoms with Gasteiger partial charge in [-0.25, -0.2) is 0 Å². The first kappa shape index (κ1) is 58.6. The van der Waals surface area contributed by atoms with Crippen LogP contribution in [0.25, 0.3) is 0 Å². The minimum atomic E-state index is -0.803. The van der Waals surface area contributed by atoms with Crippen molar-refractivity contribution in [1.29, 1.82) is 0 Å². The van der Waals surface area contributed by atoms with Gasteiger partial charge in [0, 0.05) is 19.3 Å². The molecule has 0 heterocycles. The number of unbranched alkanes of at least 4 members (excludes halogenated alkanes) is 20. The molecule has 0 bridgehead atoms. The van der Waals surface area contributed by atoms with Crippen LogP contribution in [0.4, 0.5) is 0 Å². The Bertz CT molecular complexity index is 1220. The molecule has 0 aliphatic heterocycles. The smallest absolute Gasteiger partial charge is 0.306 e. The average molecular weight is 863 g/mol. The monoisotopic (exact) mass is 863 g/mol. The van der Waals surface area contributed by atoms with Gasteiger partial charge in [-0.15, -0.1) is 0 Å². The quantitative estimate of drug-likeness (QED) is 0.0263. The van der Waals surface area contributed by atoms with Gasteiger partial charge in [0.2, 0.25) is 0 Å². The molecule has 0 saturated carbocycles. The number of allylic oxidation sites excluding steroid dienone is 14. The molecule has 0 aliphatic rings. The van der Waals surface area contributed by atoms with E-state index in [4.69, 9.17) is 14.2 Å². The van der Waals surface area contributed by atoms with Gasteiger partial charge in [0.15, 0.2) is 6.10 Å². The number of esters is 3. The average Bonchev–Trinajstić information content (AvgIpc) is 3.27. The Morgan fingerprint density at radius 3 is 1.05 bits per heavy atom. The molecule has 0 rings (SSSR count). The van der Waals surface area contributed by atoms with Crippen molar-refractivity contribution in [2.75, 3.05) is 13.2 Å². The van der Waals surface area contributed by atoms with Crippen LogP contribution in [0.5, 0.6) is 0 Å². The summed E-state index contributed by atoms with van der Waals surface area (Å²) in [6.07, 6.45) is 64.3. The molecule has 0 aliphatic carbocycles. The van der Waals surface area contributed by atoms with Crippen LogP contribution >= 0.6 is 0 Å². The van der Waals surface area contributed by atoms with Gasteiger partial charge in [-0.05, 0) is 83.5 Å². The van der Waals surface area contributed by atoms with E-state index in [9.17, 15) is 14.4 Å². The van der Waals surface area contributed by atoms with E-state index >= 15 is 0 Å². The summed E-state index contributed by atoms with van der Waals surface area (Å²) in [6.45, 7) is 6.35. The van der Waals surface area contributed by atoms with Gasteiger partial charge in [-0.2, -0.15) is 0 Å². The fourth-order valence-electron chi connectivity index (χ4n) is 6.87. The van der Waals surface area contributed by atoms with Crippen molar-refractivity contribution in [3.05, 3.63) is 85.1 Å². The molecule has 354 valence electrons. The standard InChI is InChI=1S/C56H94O6/c1-4-7-10-13-16-19-22-25-27-28-30-31-34-37-40-43-46-49-55(58)61-52-53(51-60-54(57)48-45-42-39-36-33-24-21-18-15-12-9-6-3)62-56(59)50-47-44-41-38-35-32-29-26-23-20-17-14-11-8-5-2/h7,9-10,12,16,18-19,21,25,27,30-31,37,40,53H,4-6,8,11,13-15,17,20,22-24,26,28-29,32-36,38-39,41-52H2,1-3H3/b10-7-,12-9-,19-16-,21-18-,27-25-,31-30-,40-37-. The van der Waals surface area contributed by atoms with Gasteiger partial charge < -0.3 is 14.2 Å². The van der Waals surface area contributed by atoms with E-state index in [1.807, 2.05) is 0 Å². The van der Waals surface area contributed by atoms with E-state index in [1.165, 1.54) is 77.0 Å². The topological polar surface area (TPSA) is 78.9 Å². The molecule has 0 aromatic rings. The van der Waals surface area contributed by atoms with E-state index in [0.29, 0.717) is 19.3 Å². The summed E-state index contributed by atoms with van der Waals surface area (Å²) in [5.41, 5.74) is 0. The van der Waals surface area contributed by atoms with Crippen molar-refractivity contribution in [2.45, 2.75) is 239 Å². The summed E-state index contributed by atoms with van der Waals surface area (Å²) in [5.74, 6) is -0.974. The zero-order valence-corrected chi connectivity index (χ0v) is 40.4. The van der Waals surface area contributed by atoms with E-state index in [-0.39, 0.29) is 37.5 Å². The fourth-order valence-corrected chi connectivity index (χ4v) is 6.87. The second kappa shape index (κ2) is 50.2. The normalized spacial score (nSPS) is 12.8. The molecule has 0 amide bonds. The summed E-state index contributed by atoms with van der Waals surface area (Å²) < 4.78 is 16.7. The van der Waals surface area contributed by atoms with E-state index < -0.39 is 6.10 Å². The second-order valence-corrected chi connectivity index (χ2v) is 16.7. The maximum atomic E-state index is 12.8. The molecular weight excluding hydrogens is 769 g/mol. The lowest BCUT2D eigenvalue weighted by molar-refractivity contribution is -0.167. The van der Waals surface area contributed by atoms with Gasteiger partial charge in [0.25, 0.3) is 0 Å². The van der Waals surface area contributed by atoms with E-state index in [2.05, 4.69) is 106 Å². The summed E-state index contributed by atoms with van der Waals surface area (Å²) >= 11 is 0. The van der Waals surface area contributed by atoms with Crippen LogP contribution in [0.1, 0.15) is 233 Å². The highest BCUT2D eigenvalue weighted by Gasteiger charge is 2.19. The largest absolute Gasteiger partial charge is 0.462 e. The van der Waals surface area contributed by atoms with Crippen LogP contribution in [-0.4, -0.2) is 37.2 Å². The van der Waals surface area contributed by atoms with E-state index in [0.717, 1.165) is 109 Å². The lowest BCUT2D eigenvalue weighted by Crippen LogP contribution is -2.30. The van der Waals surface area contributed by atoms with Gasteiger partial charge in [-0.1, -0.05) is 215 Å². The molecule has 1 unspecified atom stereocenters. The van der Waals surface area contributed by atoms with Crippen LogP contribution in [0.15, 0.2) is 85.1 Å². The van der Waals surface area contributed by atoms with Gasteiger partial charge >= 0.3 is 17.9 Å². The first-order valence-electron chi connectivity index (χ1n) is 25.6. The van der Waals surface area contributed by atoms with Crippen molar-refractivity contribution in [2.24, 2.45) is 0 Å². The molecule has 0 aromatic heterocycles. The third-order valence-corrected chi connectivity index (χ3v) is 10.6. The predicted octanol–water partition coefficient (Wildman–Crippen LogP) is 16.8. The maximum absolute atomic E-state index is 12.8. The summed E-state index contributed by atoms with van der Waals surface area (Å²) in [5, 5.41) is 0. The molecule has 0 saturated heterocycles. The molecule has 6 heteroatoms. The van der Waals surface area contributed by atoms with Crippen LogP contribution in [-0.2, 0) is 28.6 Å². The van der Waals surface area contributed by atoms with E-state index in [1.54, 1.807) is 0 Å². The van der Waals surface area contributed by atoms with Gasteiger partial charge in [-0.3, -0.25) is 14.4 Å². The zero-order chi connectivity index (χ0) is 45.1. The van der Waals surface area contributed by atoms with Crippen LogP contribution in [0, 0.1) is 0 Å². The number of carbonyl (C=O) groups is 3. The Morgan fingerprint density at radius 2 is 0.645 bits per heavy atom. The maximum Gasteiger partial charge on any atom is 0.306 e. The van der Waals surface area contributed by atoms with Crippen molar-refractivity contribution in [1.82, 2.24) is 0 Å². The number of ether oxygens (including phenoxy) is 3. The third-order valence-electron chi connectivity index (χ3n) is 10.6. The zero-order valence-electron chi connectivity index (χ0n) is 40.4. The molecule has 0 N–H and O–H groups in total. The second-order valence-electron chi connectivity index (χ2n) is 16.7. The molecule has 0 spiro atoms. The molecule has 62 heavy (non-hydrogen) atoms. The van der Waals surface area contributed by atoms with Crippen molar-refractivity contribution < 1.29 is 28.6 Å². The predicted molar refractivity (Wildman–Crippen MR) is 265 cm³/mol. The minimum absolute atomic E-state index is 0.101. The Kier molecular flexibility index (Phi) is 47.5. The number of hydrogen-bond donors (Lipinski definition) is 0.